The number of aryl methyl sites for hydroxylation is 2. The highest BCUT2D eigenvalue weighted by Gasteiger charge is 2.43. The molecule has 2 atom stereocenters. The van der Waals surface area contributed by atoms with Crippen LogP contribution in [0.4, 0.5) is 24.7 Å². The Bertz CT molecular complexity index is 1030. The quantitative estimate of drug-likeness (QED) is 0.799. The van der Waals surface area contributed by atoms with Gasteiger partial charge >= 0.3 is 6.18 Å². The topological polar surface area (TPSA) is 80.5 Å². The van der Waals surface area contributed by atoms with E-state index in [1.165, 1.54) is 16.7 Å². The Morgan fingerprint density at radius 3 is 2.65 bits per heavy atom. The molecule has 1 aromatic carbocycles. The maximum absolute atomic E-state index is 13.5. The van der Waals surface area contributed by atoms with Crippen LogP contribution in [-0.2, 0) is 11.0 Å². The van der Waals surface area contributed by atoms with Crippen molar-refractivity contribution in [2.24, 2.45) is 0 Å². The third kappa shape index (κ3) is 4.49. The van der Waals surface area contributed by atoms with Gasteiger partial charge in [-0.25, -0.2) is 4.98 Å². The molecule has 0 unspecified atom stereocenters. The molecule has 0 spiro atoms. The Morgan fingerprint density at radius 2 is 2.06 bits per heavy atom. The second-order valence-electron chi connectivity index (χ2n) is 7.60. The minimum atomic E-state index is -4.75. The highest BCUT2D eigenvalue weighted by Crippen LogP contribution is 2.38. The first kappa shape index (κ1) is 22.6. The van der Waals surface area contributed by atoms with Crippen molar-refractivity contribution in [1.29, 1.82) is 5.26 Å². The fraction of sp³-hybridized carbons (Fsp3) is 0.409. The van der Waals surface area contributed by atoms with E-state index < -0.39 is 29.4 Å². The number of aromatic nitrogens is 1. The number of hydrogen-bond acceptors (Lipinski definition) is 5. The summed E-state index contributed by atoms with van der Waals surface area (Å²) in [6.45, 7) is 5.33. The van der Waals surface area contributed by atoms with E-state index in [1.807, 2.05) is 25.1 Å². The fourth-order valence-electron chi connectivity index (χ4n) is 3.92. The van der Waals surface area contributed by atoms with Gasteiger partial charge in [0.25, 0.3) is 0 Å². The maximum atomic E-state index is 13.5. The van der Waals surface area contributed by atoms with E-state index in [1.54, 1.807) is 19.1 Å². The van der Waals surface area contributed by atoms with Crippen molar-refractivity contribution in [3.63, 3.8) is 0 Å². The van der Waals surface area contributed by atoms with Gasteiger partial charge in [-0.2, -0.15) is 18.4 Å². The van der Waals surface area contributed by atoms with E-state index in [9.17, 15) is 28.3 Å². The number of anilines is 2. The van der Waals surface area contributed by atoms with Crippen LogP contribution in [0.3, 0.4) is 0 Å². The van der Waals surface area contributed by atoms with Gasteiger partial charge < -0.3 is 14.9 Å². The monoisotopic (exact) mass is 432 g/mol. The lowest BCUT2D eigenvalue weighted by Crippen LogP contribution is -2.46. The van der Waals surface area contributed by atoms with Gasteiger partial charge in [-0.3, -0.25) is 4.79 Å². The highest BCUT2D eigenvalue weighted by molar-refractivity contribution is 5.99. The normalized spacial score (nSPS) is 18.7. The van der Waals surface area contributed by atoms with Crippen molar-refractivity contribution < 1.29 is 23.1 Å². The Balaban J connectivity index is 2.07. The van der Waals surface area contributed by atoms with Crippen molar-refractivity contribution in [3.8, 4) is 6.07 Å². The SMILES string of the molecule is CCN(C(=O)[C@@H]1C[C@H](O)CN1c1nc(C)cc(C(F)(F)F)c1C#N)c1cccc(C)c1. The second kappa shape index (κ2) is 8.55. The van der Waals surface area contributed by atoms with Crippen LogP contribution in [0.5, 0.6) is 0 Å². The van der Waals surface area contributed by atoms with Gasteiger partial charge in [-0.15, -0.1) is 0 Å². The molecule has 31 heavy (non-hydrogen) atoms. The van der Waals surface area contributed by atoms with Crippen molar-refractivity contribution in [1.82, 2.24) is 4.98 Å². The zero-order chi connectivity index (χ0) is 22.9. The van der Waals surface area contributed by atoms with E-state index in [2.05, 4.69) is 4.98 Å². The number of aliphatic hydroxyl groups is 1. The van der Waals surface area contributed by atoms with Crippen molar-refractivity contribution >= 4 is 17.4 Å². The lowest BCUT2D eigenvalue weighted by atomic mass is 10.1. The first-order valence-corrected chi connectivity index (χ1v) is 9.88. The van der Waals surface area contributed by atoms with Crippen LogP contribution in [0.2, 0.25) is 0 Å². The predicted octanol–water partition coefficient (Wildman–Crippen LogP) is 3.58. The van der Waals surface area contributed by atoms with Gasteiger partial charge in [-0.1, -0.05) is 12.1 Å². The molecule has 0 radical (unpaired) electrons. The van der Waals surface area contributed by atoms with Gasteiger partial charge in [0.2, 0.25) is 5.91 Å². The summed E-state index contributed by atoms with van der Waals surface area (Å²) in [4.78, 5) is 20.4. The average molecular weight is 432 g/mol. The van der Waals surface area contributed by atoms with Gasteiger partial charge in [0.05, 0.1) is 11.7 Å². The zero-order valence-electron chi connectivity index (χ0n) is 17.4. The highest BCUT2D eigenvalue weighted by atomic mass is 19.4. The molecule has 1 amide bonds. The summed E-state index contributed by atoms with van der Waals surface area (Å²) < 4.78 is 40.6. The summed E-state index contributed by atoms with van der Waals surface area (Å²) in [5.41, 5.74) is -0.0730. The van der Waals surface area contributed by atoms with E-state index >= 15 is 0 Å². The van der Waals surface area contributed by atoms with Crippen LogP contribution in [-0.4, -0.2) is 41.2 Å². The predicted molar refractivity (Wildman–Crippen MR) is 110 cm³/mol. The molecule has 1 N–H and O–H groups in total. The lowest BCUT2D eigenvalue weighted by molar-refractivity contribution is -0.137. The van der Waals surface area contributed by atoms with E-state index in [0.29, 0.717) is 12.2 Å². The second-order valence-corrected chi connectivity index (χ2v) is 7.60. The van der Waals surface area contributed by atoms with Crippen LogP contribution in [0.15, 0.2) is 30.3 Å². The Kier molecular flexibility index (Phi) is 6.23. The largest absolute Gasteiger partial charge is 0.417 e. The number of carbonyl (C=O) groups excluding carboxylic acids is 1. The lowest BCUT2D eigenvalue weighted by Gasteiger charge is -2.31. The zero-order valence-corrected chi connectivity index (χ0v) is 17.4. The Hall–Kier alpha value is -3.12. The van der Waals surface area contributed by atoms with Crippen LogP contribution in [0, 0.1) is 25.2 Å². The minimum absolute atomic E-state index is 0.0307. The number of amides is 1. The molecule has 9 heteroatoms. The number of β-amino-alcohol motifs (C(OH)–C–C–N with tert-alkyl or cyclic N) is 1. The van der Waals surface area contributed by atoms with E-state index in [4.69, 9.17) is 0 Å². The number of hydrogen-bond donors (Lipinski definition) is 1. The number of alkyl halides is 3. The number of nitrogens with zero attached hydrogens (tertiary/aromatic N) is 4. The van der Waals surface area contributed by atoms with Crippen molar-refractivity contribution in [3.05, 3.63) is 52.7 Å². The van der Waals surface area contributed by atoms with Gasteiger partial charge in [0, 0.05) is 30.9 Å². The average Bonchev–Trinajstić information content (AvgIpc) is 3.09. The molecule has 164 valence electrons. The molecular formula is C22H23F3N4O2. The standard InChI is InChI=1S/C22H23F3N4O2/c1-4-28(15-7-5-6-13(2)8-15)21(31)19-10-16(30)12-29(19)20-17(11-26)18(22(23,24)25)9-14(3)27-20/h5-9,16,19,30H,4,10,12H2,1-3H3/t16-,19-/m0/s1. The molecule has 0 aliphatic carbocycles. The minimum Gasteiger partial charge on any atom is -0.391 e. The molecular weight excluding hydrogens is 409 g/mol. The first-order chi connectivity index (χ1) is 14.6. The molecule has 2 heterocycles. The summed E-state index contributed by atoms with van der Waals surface area (Å²) in [5, 5.41) is 19.8. The van der Waals surface area contributed by atoms with Crippen LogP contribution in [0.1, 0.15) is 35.7 Å². The van der Waals surface area contributed by atoms with Crippen LogP contribution in [0.25, 0.3) is 0 Å². The number of aliphatic hydroxyl groups excluding tert-OH is 1. The molecule has 0 saturated carbocycles. The van der Waals surface area contributed by atoms with Gasteiger partial charge in [0.15, 0.2) is 0 Å². The van der Waals surface area contributed by atoms with Gasteiger partial charge in [0.1, 0.15) is 23.5 Å². The van der Waals surface area contributed by atoms with E-state index in [-0.39, 0.29) is 30.4 Å². The Morgan fingerprint density at radius 1 is 1.35 bits per heavy atom. The summed E-state index contributed by atoms with van der Waals surface area (Å²) in [7, 11) is 0. The number of pyridine rings is 1. The number of benzene rings is 1. The summed E-state index contributed by atoms with van der Waals surface area (Å²) >= 11 is 0. The molecule has 1 aliphatic heterocycles. The third-order valence-corrected chi connectivity index (χ3v) is 5.28. The Labute approximate surface area is 178 Å². The number of likely N-dealkylation sites (N-methyl/N-ethyl adjacent to an activating group) is 1. The maximum Gasteiger partial charge on any atom is 0.417 e. The molecule has 3 rings (SSSR count). The molecule has 6 nitrogen and oxygen atoms in total. The van der Waals surface area contributed by atoms with Crippen LogP contribution < -0.4 is 9.80 Å². The molecule has 0 bridgehead atoms. The molecule has 2 aromatic rings. The van der Waals surface area contributed by atoms with Crippen LogP contribution >= 0.6 is 0 Å². The first-order valence-electron chi connectivity index (χ1n) is 9.88. The fourth-order valence-corrected chi connectivity index (χ4v) is 3.92. The number of nitriles is 1. The van der Waals surface area contributed by atoms with Crippen molar-refractivity contribution in [2.45, 2.75) is 45.5 Å². The molecule has 1 fully saturated rings. The van der Waals surface area contributed by atoms with Crippen molar-refractivity contribution in [2.75, 3.05) is 22.9 Å². The van der Waals surface area contributed by atoms with E-state index in [0.717, 1.165) is 11.6 Å². The molecule has 1 aliphatic rings. The number of carbonyl (C=O) groups is 1. The number of halogens is 3. The summed E-state index contributed by atoms with van der Waals surface area (Å²) in [5.74, 6) is -0.601. The number of rotatable bonds is 4. The smallest absolute Gasteiger partial charge is 0.391 e. The third-order valence-electron chi connectivity index (χ3n) is 5.28. The molecule has 1 aromatic heterocycles. The summed E-state index contributed by atoms with van der Waals surface area (Å²) in [6, 6.07) is 8.79. The van der Waals surface area contributed by atoms with Gasteiger partial charge in [-0.05, 0) is 44.5 Å². The molecule has 1 saturated heterocycles. The summed E-state index contributed by atoms with van der Waals surface area (Å²) in [6.07, 6.45) is -5.65.